The molecule has 0 unspecified atom stereocenters. The quantitative estimate of drug-likeness (QED) is 0.855. The minimum absolute atomic E-state index is 0.183. The molecule has 5 nitrogen and oxygen atoms in total. The Morgan fingerprint density at radius 1 is 1.45 bits per heavy atom. The van der Waals surface area contributed by atoms with Crippen LogP contribution >= 0.6 is 23.5 Å². The maximum atomic E-state index is 11.9. The number of thioether (sulfide) groups is 2. The van der Waals surface area contributed by atoms with E-state index in [1.54, 1.807) is 13.1 Å². The summed E-state index contributed by atoms with van der Waals surface area (Å²) >= 11 is 3.82. The van der Waals surface area contributed by atoms with Crippen molar-refractivity contribution in [2.24, 2.45) is 0 Å². The molecule has 0 aliphatic carbocycles. The van der Waals surface area contributed by atoms with E-state index in [1.165, 1.54) is 4.57 Å². The van der Waals surface area contributed by atoms with Crippen LogP contribution in [0.2, 0.25) is 0 Å². The molecule has 1 aromatic rings. The second kappa shape index (κ2) is 4.96. The van der Waals surface area contributed by atoms with Crippen LogP contribution < -0.4 is 11.2 Å². The Morgan fingerprint density at radius 3 is 2.95 bits per heavy atom. The maximum absolute atomic E-state index is 11.9. The molecule has 110 valence electrons. The number of nitrogens with one attached hydrogen (secondary N) is 1. The Hall–Kier alpha value is -0.660. The number of hydrogen-bond acceptors (Lipinski definition) is 5. The summed E-state index contributed by atoms with van der Waals surface area (Å²) in [5.74, 6) is 0.957. The molecule has 7 heteroatoms. The first-order valence-electron chi connectivity index (χ1n) is 6.65. The monoisotopic (exact) mass is 314 g/mol. The SMILES string of the molecule is Cc1cn([C@H]2C[C@@H]3SC(C)(C)SC[C@H]3O2)c(=O)[nH]c1=O. The summed E-state index contributed by atoms with van der Waals surface area (Å²) in [5, 5.41) is 0.412. The first-order valence-corrected chi connectivity index (χ1v) is 8.51. The lowest BCUT2D eigenvalue weighted by Gasteiger charge is -2.35. The Balaban J connectivity index is 1.86. The number of hydrogen-bond donors (Lipinski definition) is 1. The largest absolute Gasteiger partial charge is 0.353 e. The number of ether oxygens (including phenoxy) is 1. The van der Waals surface area contributed by atoms with Gasteiger partial charge in [-0.05, 0) is 20.8 Å². The van der Waals surface area contributed by atoms with Crippen LogP contribution in [0.1, 0.15) is 32.1 Å². The normalized spacial score (nSPS) is 32.0. The molecule has 1 aromatic heterocycles. The van der Waals surface area contributed by atoms with E-state index in [0.717, 1.165) is 12.2 Å². The Morgan fingerprint density at radius 2 is 2.20 bits per heavy atom. The highest BCUT2D eigenvalue weighted by Crippen LogP contribution is 2.51. The molecule has 0 saturated carbocycles. The Labute approximate surface area is 125 Å². The highest BCUT2D eigenvalue weighted by molar-refractivity contribution is 8.19. The van der Waals surface area contributed by atoms with Crippen molar-refractivity contribution in [2.75, 3.05) is 5.75 Å². The van der Waals surface area contributed by atoms with E-state index in [-0.39, 0.29) is 27.7 Å². The average Bonchev–Trinajstić information content (AvgIpc) is 2.74. The molecule has 2 aliphatic heterocycles. The predicted octanol–water partition coefficient (Wildman–Crippen LogP) is 1.72. The Kier molecular flexibility index (Phi) is 3.54. The van der Waals surface area contributed by atoms with Crippen LogP contribution in [0.5, 0.6) is 0 Å². The van der Waals surface area contributed by atoms with E-state index >= 15 is 0 Å². The van der Waals surface area contributed by atoms with E-state index in [0.29, 0.717) is 10.8 Å². The van der Waals surface area contributed by atoms with E-state index in [4.69, 9.17) is 4.74 Å². The number of aromatic nitrogens is 2. The molecule has 2 saturated heterocycles. The topological polar surface area (TPSA) is 64.1 Å². The fourth-order valence-corrected chi connectivity index (χ4v) is 5.77. The van der Waals surface area contributed by atoms with Crippen LogP contribution in [0.4, 0.5) is 0 Å². The van der Waals surface area contributed by atoms with Gasteiger partial charge in [0.1, 0.15) is 6.23 Å². The third kappa shape index (κ3) is 2.58. The summed E-state index contributed by atoms with van der Waals surface area (Å²) in [5.41, 5.74) is -0.181. The first-order chi connectivity index (χ1) is 9.35. The van der Waals surface area contributed by atoms with Crippen LogP contribution in [-0.2, 0) is 4.74 Å². The number of rotatable bonds is 1. The molecule has 20 heavy (non-hydrogen) atoms. The number of nitrogens with zero attached hydrogens (tertiary/aromatic N) is 1. The molecular formula is C13H18N2O3S2. The third-order valence-electron chi connectivity index (χ3n) is 3.67. The standard InChI is InChI=1S/C13H18N2O3S2/c1-7-5-15(12(17)14-11(7)16)10-4-9-8(18-10)6-19-13(2,3)20-9/h5,8-10H,4,6H2,1-3H3,(H,14,16,17)/t8-,9+,10-/m1/s1. The van der Waals surface area contributed by atoms with E-state index in [9.17, 15) is 9.59 Å². The number of aryl methyl sites for hydroxylation is 1. The zero-order valence-electron chi connectivity index (χ0n) is 11.7. The second-order valence-corrected chi connectivity index (χ2v) is 9.47. The molecule has 3 heterocycles. The van der Waals surface area contributed by atoms with Gasteiger partial charge in [-0.1, -0.05) is 0 Å². The van der Waals surface area contributed by atoms with Gasteiger partial charge in [0.25, 0.3) is 5.56 Å². The van der Waals surface area contributed by atoms with Crippen molar-refractivity contribution in [1.82, 2.24) is 9.55 Å². The molecule has 3 rings (SSSR count). The zero-order chi connectivity index (χ0) is 14.5. The lowest BCUT2D eigenvalue weighted by Crippen LogP contribution is -2.33. The number of aromatic amines is 1. The summed E-state index contributed by atoms with van der Waals surface area (Å²) in [6.45, 7) is 6.15. The maximum Gasteiger partial charge on any atom is 0.330 e. The highest BCUT2D eigenvalue weighted by atomic mass is 32.2. The van der Waals surface area contributed by atoms with Crippen molar-refractivity contribution in [3.8, 4) is 0 Å². The molecule has 3 atom stereocenters. The summed E-state index contributed by atoms with van der Waals surface area (Å²) in [6, 6.07) is 0. The summed E-state index contributed by atoms with van der Waals surface area (Å²) in [4.78, 5) is 25.7. The molecule has 0 amide bonds. The zero-order valence-corrected chi connectivity index (χ0v) is 13.3. The van der Waals surface area contributed by atoms with Gasteiger partial charge in [-0.15, -0.1) is 23.5 Å². The van der Waals surface area contributed by atoms with Crippen LogP contribution in [0.3, 0.4) is 0 Å². The first kappa shape index (κ1) is 14.3. The van der Waals surface area contributed by atoms with Gasteiger partial charge in [-0.3, -0.25) is 14.3 Å². The van der Waals surface area contributed by atoms with Crippen molar-refractivity contribution in [1.29, 1.82) is 0 Å². The van der Waals surface area contributed by atoms with Gasteiger partial charge in [-0.25, -0.2) is 4.79 Å². The van der Waals surface area contributed by atoms with Gasteiger partial charge in [0.2, 0.25) is 0 Å². The minimum Gasteiger partial charge on any atom is -0.353 e. The molecule has 0 spiro atoms. The number of H-pyrrole nitrogens is 1. The fourth-order valence-electron chi connectivity index (χ4n) is 2.63. The summed E-state index contributed by atoms with van der Waals surface area (Å²) < 4.78 is 7.74. The molecule has 0 bridgehead atoms. The minimum atomic E-state index is -0.388. The van der Waals surface area contributed by atoms with Crippen molar-refractivity contribution < 1.29 is 4.74 Å². The molecular weight excluding hydrogens is 296 g/mol. The summed E-state index contributed by atoms with van der Waals surface area (Å²) in [7, 11) is 0. The van der Waals surface area contributed by atoms with Crippen LogP contribution in [-0.4, -0.2) is 30.7 Å². The van der Waals surface area contributed by atoms with E-state index in [1.807, 2.05) is 23.5 Å². The van der Waals surface area contributed by atoms with Crippen LogP contribution in [0.25, 0.3) is 0 Å². The Bertz CT molecular complexity index is 637. The molecule has 0 radical (unpaired) electrons. The lowest BCUT2D eigenvalue weighted by atomic mass is 10.2. The van der Waals surface area contributed by atoms with Gasteiger partial charge < -0.3 is 4.74 Å². The van der Waals surface area contributed by atoms with E-state index < -0.39 is 0 Å². The van der Waals surface area contributed by atoms with Gasteiger partial charge in [0, 0.05) is 29.2 Å². The number of fused-ring (bicyclic) bond motifs is 1. The molecule has 2 fully saturated rings. The fraction of sp³-hybridized carbons (Fsp3) is 0.692. The van der Waals surface area contributed by atoms with Crippen LogP contribution in [0.15, 0.2) is 15.8 Å². The third-order valence-corrected chi connectivity index (χ3v) is 6.87. The second-order valence-electron chi connectivity index (χ2n) is 5.71. The lowest BCUT2D eigenvalue weighted by molar-refractivity contribution is 0.0102. The van der Waals surface area contributed by atoms with E-state index in [2.05, 4.69) is 18.8 Å². The highest BCUT2D eigenvalue weighted by Gasteiger charge is 2.44. The van der Waals surface area contributed by atoms with Crippen molar-refractivity contribution in [2.45, 2.75) is 48.9 Å². The van der Waals surface area contributed by atoms with Crippen molar-refractivity contribution in [3.63, 3.8) is 0 Å². The molecule has 0 aromatic carbocycles. The predicted molar refractivity (Wildman–Crippen MR) is 82.5 cm³/mol. The van der Waals surface area contributed by atoms with Gasteiger partial charge in [0.15, 0.2) is 0 Å². The smallest absolute Gasteiger partial charge is 0.330 e. The van der Waals surface area contributed by atoms with Crippen molar-refractivity contribution >= 4 is 23.5 Å². The van der Waals surface area contributed by atoms with Crippen LogP contribution in [0, 0.1) is 6.92 Å². The molecule has 1 N–H and O–H groups in total. The summed E-state index contributed by atoms with van der Waals surface area (Å²) in [6.07, 6.45) is 2.33. The van der Waals surface area contributed by atoms with Gasteiger partial charge in [0.05, 0.1) is 10.2 Å². The van der Waals surface area contributed by atoms with Gasteiger partial charge in [-0.2, -0.15) is 0 Å². The van der Waals surface area contributed by atoms with Gasteiger partial charge >= 0.3 is 5.69 Å². The van der Waals surface area contributed by atoms with Crippen molar-refractivity contribution in [3.05, 3.63) is 32.6 Å². The molecule has 2 aliphatic rings. The average molecular weight is 314 g/mol.